The molecule has 0 saturated carbocycles. The van der Waals surface area contributed by atoms with Gasteiger partial charge in [0, 0.05) is 31.7 Å². The van der Waals surface area contributed by atoms with E-state index in [1.165, 1.54) is 0 Å². The molecule has 15 heavy (non-hydrogen) atoms. The van der Waals surface area contributed by atoms with Gasteiger partial charge in [-0.25, -0.2) is 0 Å². The molecule has 0 atom stereocenters. The summed E-state index contributed by atoms with van der Waals surface area (Å²) in [6.45, 7) is 14.2. The molecule has 5 heteroatoms. The molecule has 0 aromatic carbocycles. The quantitative estimate of drug-likeness (QED) is 0.458. The third-order valence-corrected chi connectivity index (χ3v) is 1.34. The summed E-state index contributed by atoms with van der Waals surface area (Å²) in [4.78, 5) is 9.46. The SMILES string of the molecule is C1CNCCN1.CC.CC(C)(C)NN=O. The van der Waals surface area contributed by atoms with Crippen LogP contribution in [0.5, 0.6) is 0 Å². The molecule has 0 aromatic heterocycles. The largest absolute Gasteiger partial charge is 0.314 e. The Morgan fingerprint density at radius 3 is 1.40 bits per heavy atom. The van der Waals surface area contributed by atoms with E-state index in [9.17, 15) is 4.91 Å². The lowest BCUT2D eigenvalue weighted by molar-refractivity contribution is 0.438. The topological polar surface area (TPSA) is 65.5 Å². The number of hydrogen-bond donors (Lipinski definition) is 3. The van der Waals surface area contributed by atoms with Crippen molar-refractivity contribution >= 4 is 0 Å². The molecule has 1 aliphatic heterocycles. The van der Waals surface area contributed by atoms with Gasteiger partial charge in [0.15, 0.2) is 0 Å². The van der Waals surface area contributed by atoms with Crippen LogP contribution in [0.3, 0.4) is 0 Å². The molecule has 0 spiro atoms. The zero-order valence-corrected chi connectivity index (χ0v) is 10.7. The smallest absolute Gasteiger partial charge is 0.0501 e. The highest BCUT2D eigenvalue weighted by Gasteiger charge is 2.05. The maximum absolute atomic E-state index is 9.46. The third-order valence-electron chi connectivity index (χ3n) is 1.34. The van der Waals surface area contributed by atoms with Crippen molar-refractivity contribution in [1.29, 1.82) is 0 Å². The molecule has 5 nitrogen and oxygen atoms in total. The molecule has 1 aliphatic rings. The molecule has 0 aromatic rings. The van der Waals surface area contributed by atoms with Crippen molar-refractivity contribution in [2.75, 3.05) is 26.2 Å². The zero-order chi connectivity index (χ0) is 12.2. The van der Waals surface area contributed by atoms with Gasteiger partial charge in [-0.2, -0.15) is 0 Å². The minimum absolute atomic E-state index is 0.179. The van der Waals surface area contributed by atoms with Gasteiger partial charge in [0.2, 0.25) is 0 Å². The lowest BCUT2D eigenvalue weighted by Crippen LogP contribution is -2.39. The number of rotatable bonds is 1. The van der Waals surface area contributed by atoms with Crippen molar-refractivity contribution in [3.05, 3.63) is 4.91 Å². The molecule has 3 N–H and O–H groups in total. The highest BCUT2D eigenvalue weighted by Crippen LogP contribution is 1.96. The Hall–Kier alpha value is -0.680. The highest BCUT2D eigenvalue weighted by atomic mass is 16.3. The Bertz CT molecular complexity index is 118. The molecule has 1 saturated heterocycles. The third kappa shape index (κ3) is 19.7. The summed E-state index contributed by atoms with van der Waals surface area (Å²) in [6, 6.07) is 0. The van der Waals surface area contributed by atoms with Gasteiger partial charge in [0.25, 0.3) is 0 Å². The lowest BCUT2D eigenvalue weighted by Gasteiger charge is -2.13. The van der Waals surface area contributed by atoms with E-state index in [2.05, 4.69) is 21.3 Å². The monoisotopic (exact) mass is 218 g/mol. The first-order valence-electron chi connectivity index (χ1n) is 5.57. The van der Waals surface area contributed by atoms with Crippen LogP contribution in [-0.4, -0.2) is 31.7 Å². The first-order valence-corrected chi connectivity index (χ1v) is 5.57. The Balaban J connectivity index is 0. The molecule has 0 aliphatic carbocycles. The molecular formula is C10H26N4O. The van der Waals surface area contributed by atoms with Crippen LogP contribution in [0.4, 0.5) is 0 Å². The van der Waals surface area contributed by atoms with Crippen LogP contribution in [0.2, 0.25) is 0 Å². The van der Waals surface area contributed by atoms with E-state index in [4.69, 9.17) is 0 Å². The number of nitroso groups, excluding NO2 is 1. The second-order valence-electron chi connectivity index (χ2n) is 3.95. The van der Waals surface area contributed by atoms with E-state index in [-0.39, 0.29) is 5.54 Å². The van der Waals surface area contributed by atoms with E-state index >= 15 is 0 Å². The van der Waals surface area contributed by atoms with Crippen LogP contribution in [0, 0.1) is 4.91 Å². The number of nitrogens with one attached hydrogen (secondary N) is 3. The summed E-state index contributed by atoms with van der Waals surface area (Å²) in [5, 5.41) is 8.95. The summed E-state index contributed by atoms with van der Waals surface area (Å²) in [5.74, 6) is 0. The molecule has 0 unspecified atom stereocenters. The van der Waals surface area contributed by atoms with Crippen molar-refractivity contribution in [2.45, 2.75) is 40.2 Å². The molecule has 1 rings (SSSR count). The van der Waals surface area contributed by atoms with Gasteiger partial charge < -0.3 is 10.6 Å². The van der Waals surface area contributed by atoms with Crippen LogP contribution >= 0.6 is 0 Å². The van der Waals surface area contributed by atoms with Gasteiger partial charge in [-0.15, -0.1) is 4.91 Å². The van der Waals surface area contributed by atoms with E-state index in [1.807, 2.05) is 34.6 Å². The van der Waals surface area contributed by atoms with Gasteiger partial charge in [-0.05, 0) is 20.8 Å². The van der Waals surface area contributed by atoms with Crippen molar-refractivity contribution in [3.8, 4) is 0 Å². The predicted octanol–water partition coefficient (Wildman–Crippen LogP) is 1.26. The van der Waals surface area contributed by atoms with Crippen LogP contribution in [0.15, 0.2) is 5.29 Å². The maximum atomic E-state index is 9.46. The van der Waals surface area contributed by atoms with Gasteiger partial charge in [-0.3, -0.25) is 5.43 Å². The standard InChI is InChI=1S/C4H10N2O.C4H10N2.C2H6/c1-4(2,3)5-6-7;1-2-6-4-3-5-1;1-2/h1-3H3,(H,5,7);5-6H,1-4H2;1-2H3. The first kappa shape index (κ1) is 16.7. The Kier molecular flexibility index (Phi) is 12.7. The van der Waals surface area contributed by atoms with Crippen molar-refractivity contribution in [1.82, 2.24) is 16.1 Å². The van der Waals surface area contributed by atoms with E-state index in [0.717, 1.165) is 26.2 Å². The molecule has 1 fully saturated rings. The molecule has 92 valence electrons. The Morgan fingerprint density at radius 2 is 1.33 bits per heavy atom. The molecular weight excluding hydrogens is 192 g/mol. The summed E-state index contributed by atoms with van der Waals surface area (Å²) < 4.78 is 0. The molecule has 1 heterocycles. The first-order chi connectivity index (χ1) is 7.06. The lowest BCUT2D eigenvalue weighted by atomic mass is 10.1. The molecule has 0 amide bonds. The van der Waals surface area contributed by atoms with Crippen molar-refractivity contribution in [2.24, 2.45) is 5.29 Å². The average molecular weight is 218 g/mol. The van der Waals surface area contributed by atoms with Crippen molar-refractivity contribution < 1.29 is 0 Å². The molecule has 0 radical (unpaired) electrons. The second-order valence-corrected chi connectivity index (χ2v) is 3.95. The predicted molar refractivity (Wildman–Crippen MR) is 65.8 cm³/mol. The second kappa shape index (κ2) is 11.4. The van der Waals surface area contributed by atoms with Gasteiger partial charge in [0.05, 0.1) is 5.29 Å². The number of piperazine rings is 1. The van der Waals surface area contributed by atoms with Gasteiger partial charge in [0.1, 0.15) is 0 Å². The Morgan fingerprint density at radius 1 is 1.00 bits per heavy atom. The van der Waals surface area contributed by atoms with E-state index < -0.39 is 0 Å². The van der Waals surface area contributed by atoms with E-state index in [1.54, 1.807) is 0 Å². The average Bonchev–Trinajstić information content (AvgIpc) is 2.22. The van der Waals surface area contributed by atoms with Gasteiger partial charge in [-0.1, -0.05) is 13.8 Å². The minimum atomic E-state index is -0.179. The molecule has 0 bridgehead atoms. The highest BCUT2D eigenvalue weighted by molar-refractivity contribution is 4.65. The number of nitrogens with zero attached hydrogens (tertiary/aromatic N) is 1. The number of hydrogen-bond acceptors (Lipinski definition) is 4. The van der Waals surface area contributed by atoms with Crippen LogP contribution in [0.1, 0.15) is 34.6 Å². The Labute approximate surface area is 93.3 Å². The summed E-state index contributed by atoms with van der Waals surface area (Å²) in [6.07, 6.45) is 0. The van der Waals surface area contributed by atoms with Crippen LogP contribution in [-0.2, 0) is 0 Å². The summed E-state index contributed by atoms with van der Waals surface area (Å²) in [5.41, 5.74) is 2.18. The van der Waals surface area contributed by atoms with Crippen LogP contribution < -0.4 is 16.1 Å². The van der Waals surface area contributed by atoms with Gasteiger partial charge >= 0.3 is 0 Å². The maximum Gasteiger partial charge on any atom is 0.0501 e. The zero-order valence-electron chi connectivity index (χ0n) is 10.7. The fourth-order valence-electron chi connectivity index (χ4n) is 0.740. The summed E-state index contributed by atoms with van der Waals surface area (Å²) in [7, 11) is 0. The van der Waals surface area contributed by atoms with E-state index in [0.29, 0.717) is 0 Å². The fraction of sp³-hybridized carbons (Fsp3) is 1.00. The van der Waals surface area contributed by atoms with Crippen molar-refractivity contribution in [3.63, 3.8) is 0 Å². The fourth-order valence-corrected chi connectivity index (χ4v) is 0.740. The van der Waals surface area contributed by atoms with Crippen LogP contribution in [0.25, 0.3) is 0 Å². The summed E-state index contributed by atoms with van der Waals surface area (Å²) >= 11 is 0. The minimum Gasteiger partial charge on any atom is -0.314 e. The normalized spacial score (nSPS) is 15.0.